The third-order valence-electron chi connectivity index (χ3n) is 6.26. The molecule has 1 aliphatic heterocycles. The molecular weight excluding hydrogens is 378 g/mol. The van der Waals surface area contributed by atoms with Crippen molar-refractivity contribution < 1.29 is 0 Å². The van der Waals surface area contributed by atoms with Gasteiger partial charge in [0.2, 0.25) is 0 Å². The minimum absolute atomic E-state index is 0.360. The van der Waals surface area contributed by atoms with Crippen LogP contribution in [0.15, 0.2) is 95.6 Å². The molecule has 2 aliphatic rings. The van der Waals surface area contributed by atoms with Crippen LogP contribution in [-0.2, 0) is 0 Å². The first-order valence-corrected chi connectivity index (χ1v) is 11.2. The van der Waals surface area contributed by atoms with Gasteiger partial charge in [-0.2, -0.15) is 0 Å². The summed E-state index contributed by atoms with van der Waals surface area (Å²) in [5.41, 5.74) is 7.69. The SMILES string of the molecule is C/C=C(\C=C/NC1=CCCC/C1=C\C=C1\Nc2ccc3ccccc3c2[C@@H]1C)N(C)C. The van der Waals surface area contributed by atoms with Crippen molar-refractivity contribution in [2.75, 3.05) is 19.4 Å². The van der Waals surface area contributed by atoms with E-state index in [9.17, 15) is 0 Å². The van der Waals surface area contributed by atoms with Crippen LogP contribution in [0.3, 0.4) is 0 Å². The zero-order valence-electron chi connectivity index (χ0n) is 19.1. The van der Waals surface area contributed by atoms with Crippen LogP contribution in [0.25, 0.3) is 10.8 Å². The first kappa shape index (κ1) is 21.0. The third-order valence-corrected chi connectivity index (χ3v) is 6.26. The second kappa shape index (κ2) is 9.30. The van der Waals surface area contributed by atoms with Crippen molar-refractivity contribution >= 4 is 16.5 Å². The Hall–Kier alpha value is -3.20. The Morgan fingerprint density at radius 2 is 1.97 bits per heavy atom. The fourth-order valence-corrected chi connectivity index (χ4v) is 4.52. The lowest BCUT2D eigenvalue weighted by Crippen LogP contribution is -2.13. The van der Waals surface area contributed by atoms with E-state index in [4.69, 9.17) is 0 Å². The van der Waals surface area contributed by atoms with Crippen molar-refractivity contribution in [1.82, 2.24) is 10.2 Å². The van der Waals surface area contributed by atoms with Gasteiger partial charge in [0.15, 0.2) is 0 Å². The van der Waals surface area contributed by atoms with Crippen LogP contribution in [0, 0.1) is 0 Å². The van der Waals surface area contributed by atoms with Gasteiger partial charge in [-0.05, 0) is 66.3 Å². The fraction of sp³-hybridized carbons (Fsp3) is 0.286. The highest BCUT2D eigenvalue weighted by atomic mass is 15.1. The smallest absolute Gasteiger partial charge is 0.0427 e. The van der Waals surface area contributed by atoms with Crippen molar-refractivity contribution in [3.63, 3.8) is 0 Å². The molecule has 0 saturated carbocycles. The number of nitrogens with zero attached hydrogens (tertiary/aromatic N) is 1. The van der Waals surface area contributed by atoms with Gasteiger partial charge in [0.1, 0.15) is 0 Å². The Morgan fingerprint density at radius 3 is 2.77 bits per heavy atom. The minimum Gasteiger partial charge on any atom is -0.378 e. The molecule has 3 heteroatoms. The lowest BCUT2D eigenvalue weighted by molar-refractivity contribution is 0.528. The number of anilines is 1. The van der Waals surface area contributed by atoms with Crippen molar-refractivity contribution in [3.8, 4) is 0 Å². The summed E-state index contributed by atoms with van der Waals surface area (Å²) in [6, 6.07) is 13.1. The Bertz CT molecular complexity index is 1110. The summed E-state index contributed by atoms with van der Waals surface area (Å²) in [6.07, 6.45) is 16.6. The minimum atomic E-state index is 0.360. The molecule has 1 heterocycles. The number of likely N-dealkylation sites (N-methyl/N-ethyl adjacent to an activating group) is 1. The second-order valence-corrected chi connectivity index (χ2v) is 8.50. The van der Waals surface area contributed by atoms with Crippen molar-refractivity contribution in [3.05, 3.63) is 101 Å². The maximum absolute atomic E-state index is 3.66. The number of hydrogen-bond acceptors (Lipinski definition) is 3. The molecule has 2 N–H and O–H groups in total. The highest BCUT2D eigenvalue weighted by Crippen LogP contribution is 2.42. The predicted molar refractivity (Wildman–Crippen MR) is 134 cm³/mol. The van der Waals surface area contributed by atoms with Gasteiger partial charge >= 0.3 is 0 Å². The molecule has 2 aromatic carbocycles. The summed E-state index contributed by atoms with van der Waals surface area (Å²) in [6.45, 7) is 4.36. The van der Waals surface area contributed by atoms with E-state index in [-0.39, 0.29) is 0 Å². The molecule has 0 radical (unpaired) electrons. The number of nitrogens with one attached hydrogen (secondary N) is 2. The molecule has 160 valence electrons. The lowest BCUT2D eigenvalue weighted by Gasteiger charge is -2.18. The van der Waals surface area contributed by atoms with E-state index in [0.29, 0.717) is 5.92 Å². The molecule has 31 heavy (non-hydrogen) atoms. The highest BCUT2D eigenvalue weighted by Gasteiger charge is 2.24. The van der Waals surface area contributed by atoms with E-state index in [1.165, 1.54) is 51.1 Å². The Balaban J connectivity index is 1.55. The molecule has 4 rings (SSSR count). The molecule has 0 spiro atoms. The number of fused-ring (bicyclic) bond motifs is 3. The molecular formula is C28H33N3. The zero-order chi connectivity index (χ0) is 21.8. The van der Waals surface area contributed by atoms with Crippen LogP contribution >= 0.6 is 0 Å². The number of rotatable bonds is 5. The van der Waals surface area contributed by atoms with Crippen molar-refractivity contribution in [2.45, 2.75) is 39.0 Å². The van der Waals surface area contributed by atoms with Gasteiger partial charge in [0.05, 0.1) is 0 Å². The molecule has 0 bridgehead atoms. The quantitative estimate of drug-likeness (QED) is 0.529. The molecule has 0 fully saturated rings. The lowest BCUT2D eigenvalue weighted by atomic mass is 9.93. The monoisotopic (exact) mass is 411 g/mol. The summed E-state index contributed by atoms with van der Waals surface area (Å²) in [4.78, 5) is 2.11. The number of hydrogen-bond donors (Lipinski definition) is 2. The standard InChI is InChI=1S/C28H33N3/c1-5-23(31(3)4)18-19-29-26-13-9-7-11-22(26)15-16-25-20(2)28-24-12-8-6-10-21(24)14-17-27(28)30-25/h5-6,8,10,12-20,29-30H,7,9,11H2,1-4H3/b19-18-,22-15+,23-5+,25-16+/t20-/m1/s1. The van der Waals surface area contributed by atoms with Crippen molar-refractivity contribution in [2.24, 2.45) is 0 Å². The van der Waals surface area contributed by atoms with E-state index >= 15 is 0 Å². The Labute approximate surface area is 186 Å². The molecule has 1 aliphatic carbocycles. The molecule has 0 aromatic heterocycles. The largest absolute Gasteiger partial charge is 0.378 e. The van der Waals surface area contributed by atoms with Crippen LogP contribution in [0.5, 0.6) is 0 Å². The summed E-state index contributed by atoms with van der Waals surface area (Å²) < 4.78 is 0. The second-order valence-electron chi connectivity index (χ2n) is 8.50. The molecule has 3 nitrogen and oxygen atoms in total. The van der Waals surface area contributed by atoms with Gasteiger partial charge in [-0.25, -0.2) is 0 Å². The highest BCUT2D eigenvalue weighted by molar-refractivity contribution is 5.93. The molecule has 0 saturated heterocycles. The van der Waals surface area contributed by atoms with Gasteiger partial charge < -0.3 is 15.5 Å². The van der Waals surface area contributed by atoms with Crippen LogP contribution in [-0.4, -0.2) is 19.0 Å². The summed E-state index contributed by atoms with van der Waals surface area (Å²) in [7, 11) is 4.13. The average Bonchev–Trinajstić information content (AvgIpc) is 3.11. The van der Waals surface area contributed by atoms with Gasteiger partial charge in [-0.15, -0.1) is 0 Å². The fourth-order valence-electron chi connectivity index (χ4n) is 4.52. The first-order chi connectivity index (χ1) is 15.1. The van der Waals surface area contributed by atoms with Crippen LogP contribution in [0.2, 0.25) is 0 Å². The topological polar surface area (TPSA) is 27.3 Å². The van der Waals surface area contributed by atoms with Gasteiger partial charge in [-0.3, -0.25) is 0 Å². The van der Waals surface area contributed by atoms with E-state index in [0.717, 1.165) is 12.8 Å². The van der Waals surface area contributed by atoms with E-state index in [1.54, 1.807) is 0 Å². The van der Waals surface area contributed by atoms with E-state index in [2.05, 4.69) is 110 Å². The third kappa shape index (κ3) is 4.46. The van der Waals surface area contributed by atoms with Crippen LogP contribution in [0.4, 0.5) is 5.69 Å². The summed E-state index contributed by atoms with van der Waals surface area (Å²) >= 11 is 0. The average molecular weight is 412 g/mol. The number of benzene rings is 2. The molecule has 2 aromatic rings. The zero-order valence-corrected chi connectivity index (χ0v) is 19.1. The number of allylic oxidation sites excluding steroid dienone is 7. The predicted octanol–water partition coefficient (Wildman–Crippen LogP) is 6.82. The van der Waals surface area contributed by atoms with E-state index in [1.807, 2.05) is 6.20 Å². The van der Waals surface area contributed by atoms with Gasteiger partial charge in [-0.1, -0.05) is 55.5 Å². The van der Waals surface area contributed by atoms with Crippen molar-refractivity contribution in [1.29, 1.82) is 0 Å². The van der Waals surface area contributed by atoms with Crippen LogP contribution in [0.1, 0.15) is 44.6 Å². The summed E-state index contributed by atoms with van der Waals surface area (Å²) in [5.74, 6) is 0.360. The van der Waals surface area contributed by atoms with E-state index < -0.39 is 0 Å². The maximum atomic E-state index is 3.66. The molecule has 0 amide bonds. The normalized spacial score (nSPS) is 21.5. The first-order valence-electron chi connectivity index (χ1n) is 11.2. The molecule has 0 unspecified atom stereocenters. The molecule has 1 atom stereocenters. The Morgan fingerprint density at radius 1 is 1.13 bits per heavy atom. The van der Waals surface area contributed by atoms with Gasteiger partial charge in [0, 0.05) is 49.0 Å². The maximum Gasteiger partial charge on any atom is 0.0427 e. The Kier molecular flexibility index (Phi) is 6.31. The van der Waals surface area contributed by atoms with Gasteiger partial charge in [0.25, 0.3) is 0 Å². The summed E-state index contributed by atoms with van der Waals surface area (Å²) in [5, 5.41) is 9.83. The van der Waals surface area contributed by atoms with Crippen LogP contribution < -0.4 is 10.6 Å².